The van der Waals surface area contributed by atoms with E-state index >= 15 is 0 Å². The third kappa shape index (κ3) is 7.20. The number of hydrogen-bond acceptors (Lipinski definition) is 3. The normalized spacial score (nSPS) is 10.6. The van der Waals surface area contributed by atoms with Crippen molar-refractivity contribution < 1.29 is 22.7 Å². The van der Waals surface area contributed by atoms with Gasteiger partial charge >= 0.3 is 0 Å². The minimum absolute atomic E-state index is 0. The summed E-state index contributed by atoms with van der Waals surface area (Å²) in [5.41, 5.74) is 4.82. The van der Waals surface area contributed by atoms with Gasteiger partial charge in [0.05, 0.1) is 26.1 Å². The number of rotatable bonds is 7. The van der Waals surface area contributed by atoms with Crippen LogP contribution in [0.3, 0.4) is 0 Å². The van der Waals surface area contributed by atoms with E-state index in [4.69, 9.17) is 10.5 Å². The molecule has 1 amide bonds. The molecule has 0 spiro atoms. The Kier molecular flexibility index (Phi) is 8.02. The Morgan fingerprint density at radius 3 is 2.45 bits per heavy atom. The molecule has 0 saturated heterocycles. The van der Waals surface area contributed by atoms with Crippen LogP contribution >= 0.6 is 12.4 Å². The largest absolute Gasteiger partial charge is 0.493 e. The third-order valence-electron chi connectivity index (χ3n) is 2.25. The van der Waals surface area contributed by atoms with Crippen molar-refractivity contribution in [1.29, 1.82) is 0 Å². The molecule has 0 saturated carbocycles. The Bertz CT molecular complexity index is 416. The number of hydrogen-bond donors (Lipinski definition) is 2. The maximum absolute atomic E-state index is 12.7. The summed E-state index contributed by atoms with van der Waals surface area (Å²) < 4.78 is 43.2. The maximum atomic E-state index is 12.7. The summed E-state index contributed by atoms with van der Waals surface area (Å²) in [6, 6.07) is 5.26. The molecule has 1 rings (SSSR count). The van der Waals surface area contributed by atoms with Gasteiger partial charge in [0.25, 0.3) is 5.92 Å². The predicted octanol–water partition coefficient (Wildman–Crippen LogP) is 1.73. The number of alkyl halides is 2. The van der Waals surface area contributed by atoms with E-state index < -0.39 is 30.7 Å². The van der Waals surface area contributed by atoms with Crippen molar-refractivity contribution in [1.82, 2.24) is 5.32 Å². The zero-order valence-corrected chi connectivity index (χ0v) is 11.4. The Labute approximate surface area is 120 Å². The lowest BCUT2D eigenvalue weighted by Gasteiger charge is -2.14. The maximum Gasteiger partial charge on any atom is 0.277 e. The molecule has 0 heterocycles. The number of carbonyl (C=O) groups excluding carboxylic acids is 1. The average molecular weight is 313 g/mol. The molecule has 20 heavy (non-hydrogen) atoms. The van der Waals surface area contributed by atoms with Crippen molar-refractivity contribution in [2.75, 3.05) is 19.7 Å². The predicted molar refractivity (Wildman–Crippen MR) is 70.8 cm³/mol. The van der Waals surface area contributed by atoms with Crippen LogP contribution in [-0.4, -0.2) is 31.5 Å². The number of halogens is 4. The Hall–Kier alpha value is -1.47. The smallest absolute Gasteiger partial charge is 0.277 e. The van der Waals surface area contributed by atoms with E-state index in [-0.39, 0.29) is 25.4 Å². The number of carbonyl (C=O) groups is 1. The van der Waals surface area contributed by atoms with E-state index in [9.17, 15) is 18.0 Å². The van der Waals surface area contributed by atoms with Crippen LogP contribution < -0.4 is 15.8 Å². The molecule has 0 aliphatic carbocycles. The van der Waals surface area contributed by atoms with Gasteiger partial charge in [-0.15, -0.1) is 12.4 Å². The molecule has 1 aromatic rings. The van der Waals surface area contributed by atoms with Crippen LogP contribution in [0, 0.1) is 5.82 Å². The van der Waals surface area contributed by atoms with E-state index in [1.54, 1.807) is 0 Å². The number of nitrogens with one attached hydrogen (secondary N) is 1. The number of nitrogens with two attached hydrogens (primary N) is 1. The monoisotopic (exact) mass is 312 g/mol. The summed E-state index contributed by atoms with van der Waals surface area (Å²) in [5, 5.41) is 2.06. The molecule has 114 valence electrons. The molecule has 4 nitrogen and oxygen atoms in total. The van der Waals surface area contributed by atoms with E-state index in [0.717, 1.165) is 0 Å². The van der Waals surface area contributed by atoms with Gasteiger partial charge in [0.15, 0.2) is 0 Å². The average Bonchev–Trinajstić information content (AvgIpc) is 2.39. The first-order valence-corrected chi connectivity index (χ1v) is 5.66. The van der Waals surface area contributed by atoms with Gasteiger partial charge in [-0.25, -0.2) is 13.2 Å². The van der Waals surface area contributed by atoms with Crippen molar-refractivity contribution in [2.24, 2.45) is 5.73 Å². The lowest BCUT2D eigenvalue weighted by Crippen LogP contribution is -2.41. The molecule has 0 aromatic heterocycles. The van der Waals surface area contributed by atoms with Crippen LogP contribution in [0.25, 0.3) is 0 Å². The van der Waals surface area contributed by atoms with Crippen molar-refractivity contribution in [2.45, 2.75) is 12.3 Å². The van der Waals surface area contributed by atoms with Crippen molar-refractivity contribution in [3.63, 3.8) is 0 Å². The standard InChI is InChI=1S/C12H15F3N2O2.ClH/c13-9-1-3-10(4-2-9)19-6-5-11(18)17-8-12(14,15)7-16;/h1-4H,5-8,16H2,(H,17,18);1H. The molecule has 0 aliphatic rings. The SMILES string of the molecule is Cl.NCC(F)(F)CNC(=O)CCOc1ccc(F)cc1. The number of benzene rings is 1. The second kappa shape index (κ2) is 8.65. The quantitative estimate of drug-likeness (QED) is 0.806. The minimum Gasteiger partial charge on any atom is -0.493 e. The summed E-state index contributed by atoms with van der Waals surface area (Å²) in [6.07, 6.45) is -0.0714. The molecular weight excluding hydrogens is 297 g/mol. The van der Waals surface area contributed by atoms with Crippen LogP contribution in [0.1, 0.15) is 6.42 Å². The van der Waals surface area contributed by atoms with Gasteiger partial charge in [0, 0.05) is 0 Å². The summed E-state index contributed by atoms with van der Waals surface area (Å²) in [7, 11) is 0. The fourth-order valence-corrected chi connectivity index (χ4v) is 1.18. The first-order chi connectivity index (χ1) is 8.93. The lowest BCUT2D eigenvalue weighted by molar-refractivity contribution is -0.123. The fourth-order valence-electron chi connectivity index (χ4n) is 1.18. The van der Waals surface area contributed by atoms with Crippen LogP contribution in [0.15, 0.2) is 24.3 Å². The van der Waals surface area contributed by atoms with Crippen LogP contribution in [0.2, 0.25) is 0 Å². The highest BCUT2D eigenvalue weighted by Gasteiger charge is 2.26. The molecule has 1 aromatic carbocycles. The van der Waals surface area contributed by atoms with Gasteiger partial charge in [-0.2, -0.15) is 0 Å². The second-order valence-electron chi connectivity index (χ2n) is 3.89. The van der Waals surface area contributed by atoms with Gasteiger partial charge in [-0.3, -0.25) is 4.79 Å². The van der Waals surface area contributed by atoms with Crippen LogP contribution in [0.4, 0.5) is 13.2 Å². The minimum atomic E-state index is -3.10. The van der Waals surface area contributed by atoms with Gasteiger partial charge in [-0.05, 0) is 24.3 Å². The zero-order chi connectivity index (χ0) is 14.3. The van der Waals surface area contributed by atoms with Crippen molar-refractivity contribution in [3.05, 3.63) is 30.1 Å². The first kappa shape index (κ1) is 18.5. The molecular formula is C12H16ClF3N2O2. The van der Waals surface area contributed by atoms with Crippen LogP contribution in [-0.2, 0) is 4.79 Å². The van der Waals surface area contributed by atoms with Crippen molar-refractivity contribution >= 4 is 18.3 Å². The molecule has 0 fully saturated rings. The van der Waals surface area contributed by atoms with Crippen LogP contribution in [0.5, 0.6) is 5.75 Å². The number of amides is 1. The first-order valence-electron chi connectivity index (χ1n) is 5.66. The van der Waals surface area contributed by atoms with E-state index in [1.807, 2.05) is 0 Å². The highest BCUT2D eigenvalue weighted by atomic mass is 35.5. The molecule has 8 heteroatoms. The topological polar surface area (TPSA) is 64.3 Å². The molecule has 0 radical (unpaired) electrons. The van der Waals surface area contributed by atoms with E-state index in [1.165, 1.54) is 24.3 Å². The Morgan fingerprint density at radius 1 is 1.30 bits per heavy atom. The summed E-state index contributed by atoms with van der Waals surface area (Å²) in [6.45, 7) is -1.59. The third-order valence-corrected chi connectivity index (χ3v) is 2.25. The van der Waals surface area contributed by atoms with Gasteiger partial charge in [-0.1, -0.05) is 0 Å². The van der Waals surface area contributed by atoms with E-state index in [2.05, 4.69) is 5.32 Å². The second-order valence-corrected chi connectivity index (χ2v) is 3.89. The van der Waals surface area contributed by atoms with Gasteiger partial charge in [0.1, 0.15) is 11.6 Å². The summed E-state index contributed by atoms with van der Waals surface area (Å²) >= 11 is 0. The highest BCUT2D eigenvalue weighted by Crippen LogP contribution is 2.11. The number of ether oxygens (including phenoxy) is 1. The molecule has 0 unspecified atom stereocenters. The van der Waals surface area contributed by atoms with Crippen molar-refractivity contribution in [3.8, 4) is 5.75 Å². The summed E-state index contributed by atoms with van der Waals surface area (Å²) in [4.78, 5) is 11.2. The Balaban J connectivity index is 0.00000361. The lowest BCUT2D eigenvalue weighted by atomic mass is 10.3. The zero-order valence-electron chi connectivity index (χ0n) is 10.6. The molecule has 3 N–H and O–H groups in total. The fraction of sp³-hybridized carbons (Fsp3) is 0.417. The molecule has 0 atom stereocenters. The Morgan fingerprint density at radius 2 is 1.90 bits per heavy atom. The van der Waals surface area contributed by atoms with Gasteiger partial charge in [0.2, 0.25) is 5.91 Å². The highest BCUT2D eigenvalue weighted by molar-refractivity contribution is 5.85. The van der Waals surface area contributed by atoms with Gasteiger partial charge < -0.3 is 15.8 Å². The molecule has 0 bridgehead atoms. The molecule has 0 aliphatic heterocycles. The van der Waals surface area contributed by atoms with E-state index in [0.29, 0.717) is 5.75 Å². The summed E-state index contributed by atoms with van der Waals surface area (Å²) in [5.74, 6) is -3.65.